The topological polar surface area (TPSA) is 49.4 Å². The van der Waals surface area contributed by atoms with Crippen LogP contribution >= 0.6 is 0 Å². The van der Waals surface area contributed by atoms with Crippen molar-refractivity contribution in [1.29, 1.82) is 0 Å². The molecule has 1 aliphatic rings. The molecular weight excluding hydrogens is 309 g/mol. The Bertz CT molecular complexity index is 607. The van der Waals surface area contributed by atoms with Crippen molar-refractivity contribution in [2.24, 2.45) is 0 Å². The molecule has 126 valence electrons. The third kappa shape index (κ3) is 4.03. The second kappa shape index (κ2) is 7.48. The molecule has 1 saturated heterocycles. The van der Waals surface area contributed by atoms with Crippen molar-refractivity contribution in [1.82, 2.24) is 4.90 Å². The summed E-state index contributed by atoms with van der Waals surface area (Å²) in [6.45, 7) is 2.58. The van der Waals surface area contributed by atoms with Gasteiger partial charge in [0.05, 0.1) is 5.69 Å². The molecule has 1 unspecified atom stereocenters. The summed E-state index contributed by atoms with van der Waals surface area (Å²) in [5.41, 5.74) is -0.479. The lowest BCUT2D eigenvalue weighted by atomic mass is 9.99. The molecule has 1 aromatic rings. The van der Waals surface area contributed by atoms with Gasteiger partial charge in [-0.05, 0) is 37.8 Å². The summed E-state index contributed by atoms with van der Waals surface area (Å²) >= 11 is 0. The van der Waals surface area contributed by atoms with E-state index in [1.807, 2.05) is 6.92 Å². The summed E-state index contributed by atoms with van der Waals surface area (Å²) in [4.78, 5) is 25.8. The van der Waals surface area contributed by atoms with Crippen molar-refractivity contribution in [3.8, 4) is 0 Å². The van der Waals surface area contributed by atoms with E-state index < -0.39 is 35.5 Å². The van der Waals surface area contributed by atoms with Crippen molar-refractivity contribution in [3.63, 3.8) is 0 Å². The van der Waals surface area contributed by atoms with Crippen LogP contribution < -0.4 is 5.32 Å². The number of amides is 2. The van der Waals surface area contributed by atoms with Crippen LogP contribution in [0.5, 0.6) is 0 Å². The van der Waals surface area contributed by atoms with Gasteiger partial charge in [-0.1, -0.05) is 6.92 Å². The first-order valence-electron chi connectivity index (χ1n) is 7.66. The van der Waals surface area contributed by atoms with E-state index in [4.69, 9.17) is 0 Å². The number of anilines is 1. The van der Waals surface area contributed by atoms with Crippen molar-refractivity contribution in [2.75, 3.05) is 11.9 Å². The van der Waals surface area contributed by atoms with Crippen LogP contribution in [0.4, 0.5) is 18.9 Å². The quantitative estimate of drug-likeness (QED) is 0.681. The van der Waals surface area contributed by atoms with Crippen LogP contribution in [-0.4, -0.2) is 29.3 Å². The number of hydrogen-bond acceptors (Lipinski definition) is 2. The first-order chi connectivity index (χ1) is 10.9. The molecule has 0 saturated carbocycles. The Labute approximate surface area is 132 Å². The van der Waals surface area contributed by atoms with Gasteiger partial charge in [-0.15, -0.1) is 0 Å². The molecule has 1 aliphatic heterocycles. The predicted octanol–water partition coefficient (Wildman–Crippen LogP) is 3.22. The zero-order valence-corrected chi connectivity index (χ0v) is 12.9. The van der Waals surface area contributed by atoms with Gasteiger partial charge in [-0.25, -0.2) is 13.2 Å². The Morgan fingerprint density at radius 2 is 1.96 bits per heavy atom. The first kappa shape index (κ1) is 17.3. The smallest absolute Gasteiger partial charge is 0.233 e. The lowest BCUT2D eigenvalue weighted by Gasteiger charge is -2.35. The van der Waals surface area contributed by atoms with Gasteiger partial charge in [0, 0.05) is 12.6 Å². The summed E-state index contributed by atoms with van der Waals surface area (Å²) in [7, 11) is 0. The summed E-state index contributed by atoms with van der Waals surface area (Å²) in [5.74, 6) is -5.56. The second-order valence-corrected chi connectivity index (χ2v) is 5.59. The number of halogens is 3. The monoisotopic (exact) mass is 328 g/mol. The minimum absolute atomic E-state index is 0.115. The number of hydrogen-bond donors (Lipinski definition) is 1. The fraction of sp³-hybridized carbons (Fsp3) is 0.500. The van der Waals surface area contributed by atoms with Gasteiger partial charge >= 0.3 is 0 Å². The number of nitrogens with one attached hydrogen (secondary N) is 1. The number of nitrogens with zero attached hydrogens (tertiary/aromatic N) is 1. The van der Waals surface area contributed by atoms with E-state index in [2.05, 4.69) is 5.32 Å². The molecule has 1 N–H and O–H groups in total. The average molecular weight is 328 g/mol. The molecule has 1 heterocycles. The van der Waals surface area contributed by atoms with E-state index in [0.717, 1.165) is 31.7 Å². The van der Waals surface area contributed by atoms with Gasteiger partial charge in [-0.3, -0.25) is 9.59 Å². The zero-order valence-electron chi connectivity index (χ0n) is 12.9. The highest BCUT2D eigenvalue weighted by atomic mass is 19.2. The highest BCUT2D eigenvalue weighted by molar-refractivity contribution is 6.03. The van der Waals surface area contributed by atoms with Gasteiger partial charge in [-0.2, -0.15) is 0 Å². The third-order valence-corrected chi connectivity index (χ3v) is 4.04. The molecule has 0 spiro atoms. The molecule has 1 atom stereocenters. The van der Waals surface area contributed by atoms with E-state index in [1.54, 1.807) is 4.90 Å². The largest absolute Gasteiger partial charge is 0.339 e. The van der Waals surface area contributed by atoms with E-state index >= 15 is 0 Å². The van der Waals surface area contributed by atoms with Gasteiger partial charge in [0.15, 0.2) is 17.5 Å². The van der Waals surface area contributed by atoms with Crippen LogP contribution in [-0.2, 0) is 9.59 Å². The normalized spacial score (nSPS) is 17.9. The maximum absolute atomic E-state index is 13.5. The van der Waals surface area contributed by atoms with Crippen molar-refractivity contribution in [2.45, 2.75) is 45.1 Å². The summed E-state index contributed by atoms with van der Waals surface area (Å²) in [6, 6.07) is 1.75. The van der Waals surface area contributed by atoms with Crippen molar-refractivity contribution in [3.05, 3.63) is 29.6 Å². The molecule has 4 nitrogen and oxygen atoms in total. The van der Waals surface area contributed by atoms with Crippen LogP contribution in [0.25, 0.3) is 0 Å². The lowest BCUT2D eigenvalue weighted by molar-refractivity contribution is -0.137. The summed E-state index contributed by atoms with van der Waals surface area (Å²) in [6.07, 6.45) is 3.21. The second-order valence-electron chi connectivity index (χ2n) is 5.59. The molecule has 1 fully saturated rings. The van der Waals surface area contributed by atoms with Crippen LogP contribution in [0.1, 0.15) is 39.0 Å². The van der Waals surface area contributed by atoms with Crippen LogP contribution in [0.15, 0.2) is 12.1 Å². The minimum atomic E-state index is -1.66. The molecular formula is C16H19F3N2O2. The standard InChI is InChI=1S/C16H19F3N2O2/c1-2-10-5-3-4-8-21(10)14(23)9-13(22)20-12-7-6-11(17)15(18)16(12)19/h6-7,10H,2-5,8-9H2,1H3,(H,20,22). The Kier molecular flexibility index (Phi) is 5.63. The number of benzene rings is 1. The number of carbonyl (C=O) groups excluding carboxylic acids is 2. The average Bonchev–Trinajstić information content (AvgIpc) is 2.55. The van der Waals surface area contributed by atoms with Gasteiger partial charge in [0.25, 0.3) is 0 Å². The molecule has 2 rings (SSSR count). The van der Waals surface area contributed by atoms with Crippen LogP contribution in [0.3, 0.4) is 0 Å². The minimum Gasteiger partial charge on any atom is -0.339 e. The fourth-order valence-corrected chi connectivity index (χ4v) is 2.81. The molecule has 2 amide bonds. The fourth-order valence-electron chi connectivity index (χ4n) is 2.81. The summed E-state index contributed by atoms with van der Waals surface area (Å²) < 4.78 is 39.5. The van der Waals surface area contributed by atoms with Crippen LogP contribution in [0.2, 0.25) is 0 Å². The zero-order chi connectivity index (χ0) is 17.0. The molecule has 0 radical (unpaired) electrons. The predicted molar refractivity (Wildman–Crippen MR) is 79.2 cm³/mol. The maximum Gasteiger partial charge on any atom is 0.233 e. The Balaban J connectivity index is 1.99. The Hall–Kier alpha value is -2.05. The van der Waals surface area contributed by atoms with Crippen molar-refractivity contribution >= 4 is 17.5 Å². The molecule has 7 heteroatoms. The van der Waals surface area contributed by atoms with Gasteiger partial charge in [0.2, 0.25) is 11.8 Å². The molecule has 0 bridgehead atoms. The number of piperidine rings is 1. The Morgan fingerprint density at radius 1 is 1.22 bits per heavy atom. The highest BCUT2D eigenvalue weighted by Crippen LogP contribution is 2.22. The van der Waals surface area contributed by atoms with E-state index in [-0.39, 0.29) is 11.9 Å². The van der Waals surface area contributed by atoms with Crippen LogP contribution in [0, 0.1) is 17.5 Å². The maximum atomic E-state index is 13.5. The number of rotatable bonds is 4. The molecule has 23 heavy (non-hydrogen) atoms. The van der Waals surface area contributed by atoms with E-state index in [0.29, 0.717) is 12.6 Å². The first-order valence-corrected chi connectivity index (χ1v) is 7.66. The molecule has 1 aromatic carbocycles. The molecule has 0 aliphatic carbocycles. The van der Waals surface area contributed by atoms with E-state index in [1.165, 1.54) is 0 Å². The van der Waals surface area contributed by atoms with Gasteiger partial charge in [0.1, 0.15) is 6.42 Å². The Morgan fingerprint density at radius 3 is 2.65 bits per heavy atom. The lowest BCUT2D eigenvalue weighted by Crippen LogP contribution is -2.44. The van der Waals surface area contributed by atoms with Gasteiger partial charge < -0.3 is 10.2 Å². The molecule has 0 aromatic heterocycles. The summed E-state index contributed by atoms with van der Waals surface area (Å²) in [5, 5.41) is 2.11. The number of likely N-dealkylation sites (tertiary alicyclic amines) is 1. The highest BCUT2D eigenvalue weighted by Gasteiger charge is 2.27. The van der Waals surface area contributed by atoms with E-state index in [9.17, 15) is 22.8 Å². The van der Waals surface area contributed by atoms with Crippen molar-refractivity contribution < 1.29 is 22.8 Å². The SMILES string of the molecule is CCC1CCCCN1C(=O)CC(=O)Nc1ccc(F)c(F)c1F. The third-order valence-electron chi connectivity index (χ3n) is 4.04. The number of carbonyl (C=O) groups is 2.